The van der Waals surface area contributed by atoms with Crippen LogP contribution >= 0.6 is 0 Å². The van der Waals surface area contributed by atoms with Gasteiger partial charge in [-0.05, 0) is 62.1 Å². The van der Waals surface area contributed by atoms with Crippen LogP contribution in [0.15, 0.2) is 34.3 Å². The van der Waals surface area contributed by atoms with Gasteiger partial charge >= 0.3 is 11.9 Å². The summed E-state index contributed by atoms with van der Waals surface area (Å²) in [7, 11) is 0. The number of rotatable bonds is 32. The molecule has 0 aliphatic heterocycles. The fraction of sp³-hybridized carbons (Fsp3) is 0.581. The molecule has 72 heavy (non-hydrogen) atoms. The number of aliphatic imine (C=N–C) groups is 2. The molecular formula is C43H71N15O14. The minimum atomic E-state index is -2.08. The summed E-state index contributed by atoms with van der Waals surface area (Å²) < 4.78 is 0. The summed E-state index contributed by atoms with van der Waals surface area (Å²) in [5.74, 6) is -14.6. The van der Waals surface area contributed by atoms with Crippen LogP contribution in [0.1, 0.15) is 65.9 Å². The highest BCUT2D eigenvalue weighted by Crippen LogP contribution is 2.13. The van der Waals surface area contributed by atoms with E-state index in [1.807, 2.05) is 5.32 Å². The van der Waals surface area contributed by atoms with Crippen molar-refractivity contribution in [2.24, 2.45) is 56.4 Å². The molecule has 0 radical (unpaired) electrons. The number of carbonyl (C=O) groups is 10. The number of nitrogens with two attached hydrogens (primary N) is 5. The Labute approximate surface area is 415 Å². The number of amides is 8. The maximum absolute atomic E-state index is 13.9. The average molecular weight is 1020 g/mol. The summed E-state index contributed by atoms with van der Waals surface area (Å²) in [5, 5.41) is 58.0. The lowest BCUT2D eigenvalue weighted by Crippen LogP contribution is -2.60. The summed E-state index contributed by atoms with van der Waals surface area (Å²) in [6, 6.07) is -4.42. The number of benzene rings is 1. The number of guanidine groups is 2. The number of hydrogen-bond acceptors (Lipinski definition) is 15. The molecule has 22 N–H and O–H groups in total. The lowest BCUT2D eigenvalue weighted by Gasteiger charge is -2.29. The molecule has 402 valence electrons. The number of carboxylic acid groups (broad SMARTS) is 2. The first-order chi connectivity index (χ1) is 33.7. The van der Waals surface area contributed by atoms with Crippen LogP contribution in [-0.2, 0) is 54.4 Å². The van der Waals surface area contributed by atoms with Gasteiger partial charge in [-0.25, -0.2) is 4.79 Å². The summed E-state index contributed by atoms with van der Waals surface area (Å²) >= 11 is 0. The van der Waals surface area contributed by atoms with Gasteiger partial charge in [0.25, 0.3) is 0 Å². The number of hydrogen-bond donors (Lipinski definition) is 17. The predicted octanol–water partition coefficient (Wildman–Crippen LogP) is -6.38. The minimum Gasteiger partial charge on any atom is -0.508 e. The zero-order valence-electron chi connectivity index (χ0n) is 40.8. The molecule has 8 atom stereocenters. The van der Waals surface area contributed by atoms with E-state index in [0.29, 0.717) is 5.56 Å². The molecule has 0 aromatic heterocycles. The number of aromatic hydroxyl groups is 1. The Morgan fingerprint density at radius 2 is 1.01 bits per heavy atom. The smallest absolute Gasteiger partial charge is 0.326 e. The molecule has 1 aromatic carbocycles. The van der Waals surface area contributed by atoms with Gasteiger partial charge in [-0.2, -0.15) is 0 Å². The quantitative estimate of drug-likeness (QED) is 0.0138. The van der Waals surface area contributed by atoms with E-state index in [4.69, 9.17) is 28.7 Å². The fourth-order valence-electron chi connectivity index (χ4n) is 6.45. The zero-order chi connectivity index (χ0) is 54.8. The SMILES string of the molecule is CC(C)[C@H](NC(=O)[C@H](CCCN=C(N)N)NC(=O)[C@@H](NC(=O)[C@H](CCCN=C(N)N)NC(=O)CN)C(C)C)C(=O)NC[C@@H](C(=O)O)C(=O)N[C@@H](CO)C(=O)N[C@@H](C)C(=O)N[C@@H](Cc1ccc(O)cc1)C(=O)O. The van der Waals surface area contributed by atoms with E-state index < -0.39 is 139 Å². The molecular weight excluding hydrogens is 951 g/mol. The largest absolute Gasteiger partial charge is 0.508 e. The summed E-state index contributed by atoms with van der Waals surface area (Å²) in [6.45, 7) is 5.18. The van der Waals surface area contributed by atoms with E-state index in [9.17, 15) is 68.4 Å². The Balaban J connectivity index is 3.17. The van der Waals surface area contributed by atoms with Crippen LogP contribution < -0.4 is 71.2 Å². The molecule has 0 spiro atoms. The van der Waals surface area contributed by atoms with Crippen LogP contribution in [-0.4, -0.2) is 167 Å². The van der Waals surface area contributed by atoms with Crippen molar-refractivity contribution in [1.29, 1.82) is 0 Å². The van der Waals surface area contributed by atoms with Crippen LogP contribution in [0.25, 0.3) is 0 Å². The second kappa shape index (κ2) is 31.4. The van der Waals surface area contributed by atoms with Crippen molar-refractivity contribution in [2.75, 3.05) is 32.8 Å². The number of phenols is 1. The van der Waals surface area contributed by atoms with E-state index in [1.54, 1.807) is 13.8 Å². The summed E-state index contributed by atoms with van der Waals surface area (Å²) in [5.41, 5.74) is 27.5. The Morgan fingerprint density at radius 1 is 0.556 bits per heavy atom. The van der Waals surface area contributed by atoms with Crippen LogP contribution in [0, 0.1) is 17.8 Å². The number of aliphatic hydroxyl groups excluding tert-OH is 1. The number of aliphatic hydroxyl groups is 1. The van der Waals surface area contributed by atoms with E-state index in [2.05, 4.69) is 47.2 Å². The normalized spacial score (nSPS) is 14.2. The van der Waals surface area contributed by atoms with Crippen molar-refractivity contribution >= 4 is 71.1 Å². The number of carboxylic acids is 2. The highest BCUT2D eigenvalue weighted by Gasteiger charge is 2.36. The second-order valence-electron chi connectivity index (χ2n) is 17.1. The Hall–Kier alpha value is -7.82. The van der Waals surface area contributed by atoms with Gasteiger partial charge in [-0.1, -0.05) is 39.8 Å². The van der Waals surface area contributed by atoms with Crippen LogP contribution in [0.4, 0.5) is 0 Å². The minimum absolute atomic E-state index is 0.0187. The Bertz CT molecular complexity index is 2100. The average Bonchev–Trinajstić information content (AvgIpc) is 3.30. The third-order valence-corrected chi connectivity index (χ3v) is 10.5. The number of carbonyl (C=O) groups excluding carboxylic acids is 8. The van der Waals surface area contributed by atoms with Gasteiger partial charge in [0.1, 0.15) is 48.0 Å². The van der Waals surface area contributed by atoms with Crippen molar-refractivity contribution in [2.45, 2.75) is 109 Å². The lowest BCUT2D eigenvalue weighted by molar-refractivity contribution is -0.148. The molecule has 0 bridgehead atoms. The Kier molecular flexibility index (Phi) is 27.1. The van der Waals surface area contributed by atoms with E-state index >= 15 is 0 Å². The molecule has 1 aromatic rings. The van der Waals surface area contributed by atoms with Crippen molar-refractivity contribution in [3.8, 4) is 5.75 Å². The number of phenolic OH excluding ortho intramolecular Hbond substituents is 1. The van der Waals surface area contributed by atoms with Gasteiger partial charge in [0.2, 0.25) is 47.3 Å². The highest BCUT2D eigenvalue weighted by molar-refractivity contribution is 6.01. The molecule has 29 nitrogen and oxygen atoms in total. The molecule has 0 aliphatic carbocycles. The molecule has 0 heterocycles. The molecule has 0 unspecified atom stereocenters. The predicted molar refractivity (Wildman–Crippen MR) is 258 cm³/mol. The van der Waals surface area contributed by atoms with E-state index in [1.165, 1.54) is 45.0 Å². The van der Waals surface area contributed by atoms with Crippen molar-refractivity contribution in [3.05, 3.63) is 29.8 Å². The molecule has 8 amide bonds. The molecule has 0 saturated heterocycles. The number of nitrogens with zero attached hydrogens (tertiary/aromatic N) is 2. The molecule has 0 saturated carbocycles. The summed E-state index contributed by atoms with van der Waals surface area (Å²) in [4.78, 5) is 138. The lowest BCUT2D eigenvalue weighted by atomic mass is 9.99. The van der Waals surface area contributed by atoms with Crippen LogP contribution in [0.3, 0.4) is 0 Å². The van der Waals surface area contributed by atoms with Gasteiger partial charge in [0, 0.05) is 26.1 Å². The first kappa shape index (κ1) is 62.2. The highest BCUT2D eigenvalue weighted by atomic mass is 16.4. The van der Waals surface area contributed by atoms with Gasteiger partial charge < -0.3 is 91.6 Å². The molecule has 1 rings (SSSR count). The van der Waals surface area contributed by atoms with Crippen LogP contribution in [0.2, 0.25) is 0 Å². The van der Waals surface area contributed by atoms with E-state index in [-0.39, 0.29) is 62.9 Å². The molecule has 29 heteroatoms. The fourth-order valence-corrected chi connectivity index (χ4v) is 6.45. The standard InChI is InChI=1S/C43H71N15O14/c1-20(2)31(57-36(65)27(9-7-15-50-43(47)48)54-39(68)32(21(3)4)58-35(64)26(53-30(61)17-44)8-6-14-49-42(45)46)38(67)51-18-25(40(69)70)34(63)56-29(19-59)37(66)52-22(5)33(62)55-28(41(71)72)16-23-10-12-24(60)13-11-23/h10-13,20-22,25-29,31-32,59-60H,6-9,14-19,44H2,1-5H3,(H,51,67)(H,52,66)(H,53,61)(H,54,68)(H,55,62)(H,56,63)(H,57,65)(H,58,64)(H,69,70)(H,71,72)(H4,45,46,49)(H4,47,48,50)/t22-,25+,26-,27-,28-,29-,31-,32-/m0/s1. The first-order valence-electron chi connectivity index (χ1n) is 22.8. The third kappa shape index (κ3) is 22.7. The Morgan fingerprint density at radius 3 is 1.46 bits per heavy atom. The van der Waals surface area contributed by atoms with Gasteiger partial charge in [-0.3, -0.25) is 53.1 Å². The van der Waals surface area contributed by atoms with Crippen molar-refractivity contribution < 1.29 is 68.4 Å². The van der Waals surface area contributed by atoms with Gasteiger partial charge in [0.05, 0.1) is 13.2 Å². The molecule has 0 aliphatic rings. The second-order valence-corrected chi connectivity index (χ2v) is 17.1. The first-order valence-corrected chi connectivity index (χ1v) is 22.8. The van der Waals surface area contributed by atoms with Crippen molar-refractivity contribution in [1.82, 2.24) is 42.5 Å². The van der Waals surface area contributed by atoms with Crippen LogP contribution in [0.5, 0.6) is 5.75 Å². The van der Waals surface area contributed by atoms with Gasteiger partial charge in [-0.15, -0.1) is 0 Å². The zero-order valence-corrected chi connectivity index (χ0v) is 40.8. The number of nitrogens with one attached hydrogen (secondary N) is 8. The van der Waals surface area contributed by atoms with Gasteiger partial charge in [0.15, 0.2) is 17.8 Å². The monoisotopic (exact) mass is 1020 g/mol. The maximum Gasteiger partial charge on any atom is 0.326 e. The molecule has 0 fully saturated rings. The van der Waals surface area contributed by atoms with Crippen molar-refractivity contribution in [3.63, 3.8) is 0 Å². The topological polar surface area (TPSA) is 503 Å². The summed E-state index contributed by atoms with van der Waals surface area (Å²) in [6.07, 6.45) is 0.137. The number of aliphatic carboxylic acids is 2. The third-order valence-electron chi connectivity index (χ3n) is 10.5. The van der Waals surface area contributed by atoms with E-state index in [0.717, 1.165) is 0 Å². The maximum atomic E-state index is 13.9.